The van der Waals surface area contributed by atoms with Crippen LogP contribution in [0, 0.1) is 0 Å². The van der Waals surface area contributed by atoms with Gasteiger partial charge in [0.15, 0.2) is 0 Å². The van der Waals surface area contributed by atoms with E-state index < -0.39 is 0 Å². The Labute approximate surface area is 88.3 Å². The van der Waals surface area contributed by atoms with Crippen LogP contribution >= 0.6 is 11.3 Å². The normalized spacial score (nSPS) is 28.6. The van der Waals surface area contributed by atoms with Gasteiger partial charge in [-0.1, -0.05) is 0 Å². The second-order valence-corrected chi connectivity index (χ2v) is 4.94. The van der Waals surface area contributed by atoms with E-state index in [9.17, 15) is 0 Å². The summed E-state index contributed by atoms with van der Waals surface area (Å²) in [5, 5.41) is 0. The van der Waals surface area contributed by atoms with Gasteiger partial charge in [0.2, 0.25) is 0 Å². The van der Waals surface area contributed by atoms with Crippen molar-refractivity contribution in [2.45, 2.75) is 31.2 Å². The van der Waals surface area contributed by atoms with Gasteiger partial charge >= 0.3 is 0 Å². The van der Waals surface area contributed by atoms with Crippen LogP contribution in [-0.4, -0.2) is 23.7 Å². The van der Waals surface area contributed by atoms with E-state index in [4.69, 9.17) is 10.5 Å². The lowest BCUT2D eigenvalue weighted by Gasteiger charge is -2.26. The van der Waals surface area contributed by atoms with Crippen molar-refractivity contribution in [3.8, 4) is 0 Å². The minimum Gasteiger partial charge on any atom is -0.381 e. The molecule has 1 atom stereocenters. The van der Waals surface area contributed by atoms with Crippen molar-refractivity contribution in [1.29, 1.82) is 0 Å². The van der Waals surface area contributed by atoms with Crippen LogP contribution in [0.3, 0.4) is 0 Å². The summed E-state index contributed by atoms with van der Waals surface area (Å²) in [4.78, 5) is 5.36. The van der Waals surface area contributed by atoms with E-state index in [0.29, 0.717) is 0 Å². The third-order valence-electron chi connectivity index (χ3n) is 2.72. The molecule has 0 amide bonds. The average Bonchev–Trinajstić information content (AvgIpc) is 2.55. The van der Waals surface area contributed by atoms with Crippen LogP contribution in [-0.2, 0) is 11.2 Å². The first kappa shape index (κ1) is 10.1. The lowest BCUT2D eigenvalue weighted by Crippen LogP contribution is -2.42. The Hall–Kier alpha value is -0.450. The summed E-state index contributed by atoms with van der Waals surface area (Å²) in [5.41, 5.74) is 8.15. The van der Waals surface area contributed by atoms with Crippen LogP contribution in [0.1, 0.15) is 24.1 Å². The van der Waals surface area contributed by atoms with E-state index in [2.05, 4.69) is 4.98 Å². The monoisotopic (exact) mass is 212 g/mol. The fourth-order valence-corrected chi connectivity index (χ4v) is 2.63. The summed E-state index contributed by atoms with van der Waals surface area (Å²) in [5.74, 6) is 0. The number of aromatic nitrogens is 1. The first-order valence-electron chi connectivity index (χ1n) is 5.03. The average molecular weight is 212 g/mol. The maximum Gasteiger partial charge on any atom is 0.0794 e. The van der Waals surface area contributed by atoms with Gasteiger partial charge in [0.1, 0.15) is 0 Å². The molecule has 0 aliphatic carbocycles. The Morgan fingerprint density at radius 2 is 2.43 bits per heavy atom. The summed E-state index contributed by atoms with van der Waals surface area (Å²) < 4.78 is 5.42. The Morgan fingerprint density at radius 1 is 1.50 bits per heavy atom. The van der Waals surface area contributed by atoms with Gasteiger partial charge in [-0.2, -0.15) is 0 Å². The van der Waals surface area contributed by atoms with Crippen LogP contribution in [0.25, 0.3) is 0 Å². The second kappa shape index (κ2) is 4.38. The Kier molecular flexibility index (Phi) is 3.15. The van der Waals surface area contributed by atoms with Crippen LogP contribution in [0.4, 0.5) is 0 Å². The van der Waals surface area contributed by atoms with Crippen LogP contribution in [0.15, 0.2) is 11.7 Å². The second-order valence-electron chi connectivity index (χ2n) is 3.97. The van der Waals surface area contributed by atoms with Crippen molar-refractivity contribution in [3.05, 3.63) is 16.6 Å². The van der Waals surface area contributed by atoms with Crippen LogP contribution < -0.4 is 5.73 Å². The van der Waals surface area contributed by atoms with Crippen molar-refractivity contribution in [2.75, 3.05) is 13.2 Å². The van der Waals surface area contributed by atoms with Crippen LogP contribution in [0.2, 0.25) is 0 Å². The Bertz CT molecular complexity index is 266. The van der Waals surface area contributed by atoms with Gasteiger partial charge in [-0.05, 0) is 19.3 Å². The van der Waals surface area contributed by atoms with Gasteiger partial charge in [-0.3, -0.25) is 4.98 Å². The molecular formula is C10H16N2OS. The van der Waals surface area contributed by atoms with Gasteiger partial charge in [-0.15, -0.1) is 11.3 Å². The van der Waals surface area contributed by atoms with Crippen molar-refractivity contribution in [3.63, 3.8) is 0 Å². The van der Waals surface area contributed by atoms with Gasteiger partial charge in [0.05, 0.1) is 5.51 Å². The fourth-order valence-electron chi connectivity index (χ4n) is 1.88. The van der Waals surface area contributed by atoms with Gasteiger partial charge in [0, 0.05) is 36.2 Å². The molecule has 0 bridgehead atoms. The van der Waals surface area contributed by atoms with Crippen molar-refractivity contribution >= 4 is 11.3 Å². The molecule has 0 spiro atoms. The standard InChI is InChI=1S/C10H16N2OS/c11-10(2-1-4-13-5-3-10)6-9-7-12-8-14-9/h7-8H,1-6,11H2. The highest BCUT2D eigenvalue weighted by Crippen LogP contribution is 2.24. The lowest BCUT2D eigenvalue weighted by atomic mass is 9.88. The van der Waals surface area contributed by atoms with E-state index in [1.54, 1.807) is 11.3 Å². The molecule has 1 aromatic heterocycles. The van der Waals surface area contributed by atoms with Crippen molar-refractivity contribution in [2.24, 2.45) is 5.73 Å². The zero-order valence-corrected chi connectivity index (χ0v) is 9.05. The first-order valence-corrected chi connectivity index (χ1v) is 5.90. The topological polar surface area (TPSA) is 48.1 Å². The zero-order chi connectivity index (χ0) is 9.86. The minimum absolute atomic E-state index is 0.0664. The molecule has 0 radical (unpaired) electrons. The molecule has 2 N–H and O–H groups in total. The Balaban J connectivity index is 1.99. The summed E-state index contributed by atoms with van der Waals surface area (Å²) in [7, 11) is 0. The van der Waals surface area contributed by atoms with Gasteiger partial charge < -0.3 is 10.5 Å². The number of hydrogen-bond acceptors (Lipinski definition) is 4. The van der Waals surface area contributed by atoms with E-state index in [-0.39, 0.29) is 5.54 Å². The first-order chi connectivity index (χ1) is 6.79. The van der Waals surface area contributed by atoms with E-state index in [1.807, 2.05) is 11.7 Å². The molecule has 78 valence electrons. The minimum atomic E-state index is -0.0664. The Morgan fingerprint density at radius 3 is 3.21 bits per heavy atom. The molecular weight excluding hydrogens is 196 g/mol. The number of hydrogen-bond donors (Lipinski definition) is 1. The molecule has 4 heteroatoms. The summed E-state index contributed by atoms with van der Waals surface area (Å²) in [6.07, 6.45) is 5.97. The molecule has 2 heterocycles. The fraction of sp³-hybridized carbons (Fsp3) is 0.700. The third kappa shape index (κ3) is 2.53. The third-order valence-corrected chi connectivity index (χ3v) is 3.50. The number of nitrogens with zero attached hydrogens (tertiary/aromatic N) is 1. The predicted octanol–water partition coefficient (Wildman–Crippen LogP) is 1.58. The molecule has 0 aromatic carbocycles. The molecule has 3 nitrogen and oxygen atoms in total. The molecule has 0 saturated carbocycles. The molecule has 2 rings (SSSR count). The van der Waals surface area contributed by atoms with Gasteiger partial charge in [0.25, 0.3) is 0 Å². The lowest BCUT2D eigenvalue weighted by molar-refractivity contribution is 0.139. The molecule has 14 heavy (non-hydrogen) atoms. The molecule has 1 aliphatic rings. The van der Waals surface area contributed by atoms with Crippen molar-refractivity contribution in [1.82, 2.24) is 4.98 Å². The van der Waals surface area contributed by atoms with Crippen LogP contribution in [0.5, 0.6) is 0 Å². The highest BCUT2D eigenvalue weighted by Gasteiger charge is 2.27. The summed E-state index contributed by atoms with van der Waals surface area (Å²) in [6.45, 7) is 1.66. The number of nitrogens with two attached hydrogens (primary N) is 1. The molecule has 1 aromatic rings. The van der Waals surface area contributed by atoms with E-state index in [1.165, 1.54) is 4.88 Å². The highest BCUT2D eigenvalue weighted by atomic mass is 32.1. The quantitative estimate of drug-likeness (QED) is 0.809. The zero-order valence-electron chi connectivity index (χ0n) is 8.24. The van der Waals surface area contributed by atoms with E-state index >= 15 is 0 Å². The van der Waals surface area contributed by atoms with Crippen molar-refractivity contribution < 1.29 is 4.74 Å². The predicted molar refractivity (Wildman–Crippen MR) is 57.4 cm³/mol. The largest absolute Gasteiger partial charge is 0.381 e. The maximum atomic E-state index is 6.35. The van der Waals surface area contributed by atoms with E-state index in [0.717, 1.165) is 38.9 Å². The number of thiazole rings is 1. The number of rotatable bonds is 2. The molecule has 1 aliphatic heterocycles. The summed E-state index contributed by atoms with van der Waals surface area (Å²) in [6, 6.07) is 0. The smallest absolute Gasteiger partial charge is 0.0794 e. The highest BCUT2D eigenvalue weighted by molar-refractivity contribution is 7.09. The molecule has 1 fully saturated rings. The number of ether oxygens (including phenoxy) is 1. The maximum absolute atomic E-state index is 6.35. The molecule has 1 unspecified atom stereocenters. The molecule has 1 saturated heterocycles. The summed E-state index contributed by atoms with van der Waals surface area (Å²) >= 11 is 1.69. The SMILES string of the molecule is NC1(Cc2cncs2)CCCOCC1. The van der Waals surface area contributed by atoms with Gasteiger partial charge in [-0.25, -0.2) is 0 Å².